The van der Waals surface area contributed by atoms with Gasteiger partial charge in [-0.25, -0.2) is 5.06 Å². The van der Waals surface area contributed by atoms with Gasteiger partial charge in [-0.2, -0.15) is 0 Å². The Morgan fingerprint density at radius 3 is 2.10 bits per heavy atom. The summed E-state index contributed by atoms with van der Waals surface area (Å²) in [7, 11) is 2.81. The molecule has 0 aliphatic heterocycles. The predicted molar refractivity (Wildman–Crippen MR) is 36.1 cm³/mol. The van der Waals surface area contributed by atoms with Crippen LogP contribution >= 0.6 is 0 Å². The zero-order chi connectivity index (χ0) is 8.36. The first-order valence-electron chi connectivity index (χ1n) is 2.94. The molecular formula is C6H13NO3. The van der Waals surface area contributed by atoms with E-state index in [0.29, 0.717) is 0 Å². The van der Waals surface area contributed by atoms with Gasteiger partial charge in [-0.3, -0.25) is 9.63 Å². The van der Waals surface area contributed by atoms with Crippen LogP contribution in [0.25, 0.3) is 0 Å². The minimum absolute atomic E-state index is 0.463. The van der Waals surface area contributed by atoms with Crippen LogP contribution in [0.2, 0.25) is 0 Å². The third kappa shape index (κ3) is 2.33. The lowest BCUT2D eigenvalue weighted by atomic mass is 10.1. The van der Waals surface area contributed by atoms with E-state index in [1.165, 1.54) is 28.0 Å². The summed E-state index contributed by atoms with van der Waals surface area (Å²) in [4.78, 5) is 15.5. The maximum atomic E-state index is 10.9. The minimum Gasteiger partial charge on any atom is -0.381 e. The predicted octanol–water partition coefficient (Wildman–Crippen LogP) is -0.223. The van der Waals surface area contributed by atoms with Crippen molar-refractivity contribution in [2.24, 2.45) is 0 Å². The summed E-state index contributed by atoms with van der Waals surface area (Å²) in [6, 6.07) is 0. The molecule has 0 fully saturated rings. The SMILES string of the molecule is CON(C)C(=O)C(C)(C)O. The molecule has 10 heavy (non-hydrogen) atoms. The highest BCUT2D eigenvalue weighted by Crippen LogP contribution is 2.04. The van der Waals surface area contributed by atoms with Crippen molar-refractivity contribution in [3.05, 3.63) is 0 Å². The lowest BCUT2D eigenvalue weighted by Crippen LogP contribution is -2.42. The summed E-state index contributed by atoms with van der Waals surface area (Å²) in [6.45, 7) is 2.82. The van der Waals surface area contributed by atoms with E-state index in [0.717, 1.165) is 5.06 Å². The number of likely N-dealkylation sites (N-methyl/N-ethyl adjacent to an activating group) is 1. The zero-order valence-corrected chi connectivity index (χ0v) is 6.71. The molecule has 0 saturated heterocycles. The third-order valence-corrected chi connectivity index (χ3v) is 1.08. The van der Waals surface area contributed by atoms with Gasteiger partial charge in [0.1, 0.15) is 5.60 Å². The molecule has 0 unspecified atom stereocenters. The molecule has 4 nitrogen and oxygen atoms in total. The first-order valence-corrected chi connectivity index (χ1v) is 2.94. The van der Waals surface area contributed by atoms with E-state index < -0.39 is 11.5 Å². The molecule has 0 bridgehead atoms. The maximum absolute atomic E-state index is 10.9. The van der Waals surface area contributed by atoms with Crippen LogP contribution in [-0.4, -0.2) is 35.8 Å². The second-order valence-electron chi connectivity index (χ2n) is 2.54. The Morgan fingerprint density at radius 2 is 2.00 bits per heavy atom. The molecule has 0 aliphatic carbocycles. The fourth-order valence-corrected chi connectivity index (χ4v) is 0.468. The van der Waals surface area contributed by atoms with Crippen LogP contribution in [-0.2, 0) is 9.63 Å². The molecule has 0 rings (SSSR count). The zero-order valence-electron chi connectivity index (χ0n) is 6.71. The van der Waals surface area contributed by atoms with E-state index >= 15 is 0 Å². The number of rotatable bonds is 2. The van der Waals surface area contributed by atoms with Gasteiger partial charge < -0.3 is 5.11 Å². The Morgan fingerprint density at radius 1 is 1.60 bits per heavy atom. The second kappa shape index (κ2) is 2.98. The number of carbonyl (C=O) groups excluding carboxylic acids is 1. The molecule has 4 heteroatoms. The molecule has 0 aliphatic rings. The lowest BCUT2D eigenvalue weighted by Gasteiger charge is -2.22. The van der Waals surface area contributed by atoms with Crippen molar-refractivity contribution < 1.29 is 14.7 Å². The smallest absolute Gasteiger partial charge is 0.277 e. The minimum atomic E-state index is -1.36. The van der Waals surface area contributed by atoms with Crippen LogP contribution in [0.1, 0.15) is 13.8 Å². The standard InChI is InChI=1S/C6H13NO3/c1-6(2,9)5(8)7(3)10-4/h9H,1-4H3. The molecular weight excluding hydrogens is 134 g/mol. The fraction of sp³-hybridized carbons (Fsp3) is 0.833. The van der Waals surface area contributed by atoms with Crippen molar-refractivity contribution in [1.29, 1.82) is 0 Å². The summed E-state index contributed by atoms with van der Waals surface area (Å²) in [5, 5.41) is 10.1. The number of hydroxylamine groups is 2. The molecule has 0 aromatic rings. The molecule has 1 amide bonds. The van der Waals surface area contributed by atoms with Gasteiger partial charge in [0.15, 0.2) is 0 Å². The molecule has 0 spiro atoms. The summed E-state index contributed by atoms with van der Waals surface area (Å²) in [5.74, 6) is -0.463. The Kier molecular flexibility index (Phi) is 2.80. The van der Waals surface area contributed by atoms with Gasteiger partial charge in [-0.1, -0.05) is 0 Å². The van der Waals surface area contributed by atoms with E-state index in [9.17, 15) is 4.79 Å². The van der Waals surface area contributed by atoms with Crippen LogP contribution < -0.4 is 0 Å². The monoisotopic (exact) mass is 147 g/mol. The van der Waals surface area contributed by atoms with E-state index in [1.54, 1.807) is 0 Å². The Bertz CT molecular complexity index is 127. The molecule has 0 saturated carbocycles. The summed E-state index contributed by atoms with van der Waals surface area (Å²) >= 11 is 0. The molecule has 1 N–H and O–H groups in total. The van der Waals surface area contributed by atoms with Gasteiger partial charge in [-0.15, -0.1) is 0 Å². The highest BCUT2D eigenvalue weighted by Gasteiger charge is 2.27. The van der Waals surface area contributed by atoms with Gasteiger partial charge in [-0.05, 0) is 13.8 Å². The first kappa shape index (κ1) is 9.39. The van der Waals surface area contributed by atoms with Crippen LogP contribution in [0, 0.1) is 0 Å². The number of amides is 1. The Balaban J connectivity index is 4.09. The molecule has 0 heterocycles. The van der Waals surface area contributed by atoms with Gasteiger partial charge in [0.25, 0.3) is 5.91 Å². The molecule has 0 atom stereocenters. The molecule has 0 aromatic heterocycles. The largest absolute Gasteiger partial charge is 0.381 e. The maximum Gasteiger partial charge on any atom is 0.277 e. The number of hydrogen-bond donors (Lipinski definition) is 1. The van der Waals surface area contributed by atoms with Crippen LogP contribution in [0.4, 0.5) is 0 Å². The van der Waals surface area contributed by atoms with Crippen molar-refractivity contribution in [2.45, 2.75) is 19.4 Å². The fourth-order valence-electron chi connectivity index (χ4n) is 0.468. The number of carbonyl (C=O) groups is 1. The first-order chi connectivity index (χ1) is 4.39. The highest BCUT2D eigenvalue weighted by molar-refractivity contribution is 5.82. The van der Waals surface area contributed by atoms with E-state index in [1.807, 2.05) is 0 Å². The molecule has 0 radical (unpaired) electrons. The van der Waals surface area contributed by atoms with E-state index in [-0.39, 0.29) is 0 Å². The van der Waals surface area contributed by atoms with Gasteiger partial charge in [0.2, 0.25) is 0 Å². The van der Waals surface area contributed by atoms with E-state index in [4.69, 9.17) is 5.11 Å². The van der Waals surface area contributed by atoms with Gasteiger partial charge in [0, 0.05) is 7.05 Å². The van der Waals surface area contributed by atoms with Crippen LogP contribution in [0.3, 0.4) is 0 Å². The van der Waals surface area contributed by atoms with Crippen molar-refractivity contribution in [3.63, 3.8) is 0 Å². The summed E-state index contributed by atoms with van der Waals surface area (Å²) in [5.41, 5.74) is -1.36. The number of aliphatic hydroxyl groups is 1. The summed E-state index contributed by atoms with van der Waals surface area (Å²) < 4.78 is 0. The molecule has 0 aromatic carbocycles. The number of hydrogen-bond acceptors (Lipinski definition) is 3. The van der Waals surface area contributed by atoms with Crippen LogP contribution in [0.5, 0.6) is 0 Å². The van der Waals surface area contributed by atoms with E-state index in [2.05, 4.69) is 4.84 Å². The van der Waals surface area contributed by atoms with Crippen molar-refractivity contribution in [3.8, 4) is 0 Å². The third-order valence-electron chi connectivity index (χ3n) is 1.08. The molecule has 60 valence electrons. The normalized spacial score (nSPS) is 11.3. The Hall–Kier alpha value is -0.610. The topological polar surface area (TPSA) is 49.8 Å². The van der Waals surface area contributed by atoms with Gasteiger partial charge in [0.05, 0.1) is 7.11 Å². The highest BCUT2D eigenvalue weighted by atomic mass is 16.7. The average molecular weight is 147 g/mol. The summed E-state index contributed by atoms with van der Waals surface area (Å²) in [6.07, 6.45) is 0. The second-order valence-corrected chi connectivity index (χ2v) is 2.54. The van der Waals surface area contributed by atoms with Crippen molar-refractivity contribution in [1.82, 2.24) is 5.06 Å². The Labute approximate surface area is 60.3 Å². The lowest BCUT2D eigenvalue weighted by molar-refractivity contribution is -0.185. The van der Waals surface area contributed by atoms with Crippen LogP contribution in [0.15, 0.2) is 0 Å². The van der Waals surface area contributed by atoms with Crippen molar-refractivity contribution >= 4 is 5.91 Å². The van der Waals surface area contributed by atoms with Crippen molar-refractivity contribution in [2.75, 3.05) is 14.2 Å². The quantitative estimate of drug-likeness (QED) is 0.549. The number of nitrogens with zero attached hydrogens (tertiary/aromatic N) is 1. The average Bonchev–Trinajstić information content (AvgIpc) is 1.83. The van der Waals surface area contributed by atoms with Gasteiger partial charge >= 0.3 is 0 Å².